The molecule has 9 heteroatoms. The predicted octanol–water partition coefficient (Wildman–Crippen LogP) is 5.60. The van der Waals surface area contributed by atoms with Gasteiger partial charge in [-0.1, -0.05) is 41.6 Å². The highest BCUT2D eigenvalue weighted by molar-refractivity contribution is 7.98. The maximum absolute atomic E-state index is 5.89. The molecule has 5 rings (SSSR count). The highest BCUT2D eigenvalue weighted by Gasteiger charge is 2.20. The van der Waals surface area contributed by atoms with E-state index in [0.29, 0.717) is 28.5 Å². The Kier molecular flexibility index (Phi) is 6.49. The van der Waals surface area contributed by atoms with Crippen LogP contribution in [0.3, 0.4) is 0 Å². The van der Waals surface area contributed by atoms with Gasteiger partial charge in [-0.05, 0) is 55.5 Å². The molecule has 35 heavy (non-hydrogen) atoms. The molecule has 0 aliphatic heterocycles. The lowest BCUT2D eigenvalue weighted by molar-refractivity contribution is 0.415. The molecule has 0 spiro atoms. The van der Waals surface area contributed by atoms with Crippen LogP contribution in [-0.2, 0) is 5.75 Å². The SMILES string of the molecule is COc1ccc(-c2nnc(CSc3nnc(-c4ccccc4OC)n3-c3ccc(C)cc3)o2)cc1. The zero-order chi connectivity index (χ0) is 24.2. The molecule has 0 saturated heterocycles. The molecule has 8 nitrogen and oxygen atoms in total. The summed E-state index contributed by atoms with van der Waals surface area (Å²) in [4.78, 5) is 0. The number of hydrogen-bond acceptors (Lipinski definition) is 8. The van der Waals surface area contributed by atoms with Gasteiger partial charge in [0.05, 0.1) is 25.5 Å². The van der Waals surface area contributed by atoms with Crippen LogP contribution in [0.4, 0.5) is 0 Å². The van der Waals surface area contributed by atoms with Gasteiger partial charge in [0.25, 0.3) is 0 Å². The van der Waals surface area contributed by atoms with Crippen molar-refractivity contribution in [3.05, 3.63) is 84.3 Å². The third-order valence-electron chi connectivity index (χ3n) is 5.40. The normalized spacial score (nSPS) is 10.9. The maximum atomic E-state index is 5.89. The second kappa shape index (κ2) is 10.0. The Morgan fingerprint density at radius 1 is 0.829 bits per heavy atom. The topological polar surface area (TPSA) is 88.1 Å². The van der Waals surface area contributed by atoms with Crippen molar-refractivity contribution in [3.63, 3.8) is 0 Å². The van der Waals surface area contributed by atoms with E-state index in [1.54, 1.807) is 14.2 Å². The molecule has 2 aromatic heterocycles. The molecule has 0 amide bonds. The summed E-state index contributed by atoms with van der Waals surface area (Å²) in [5, 5.41) is 18.1. The van der Waals surface area contributed by atoms with E-state index in [-0.39, 0.29) is 0 Å². The van der Waals surface area contributed by atoms with Crippen molar-refractivity contribution in [2.75, 3.05) is 14.2 Å². The van der Waals surface area contributed by atoms with Gasteiger partial charge in [-0.25, -0.2) is 0 Å². The van der Waals surface area contributed by atoms with Crippen molar-refractivity contribution in [2.45, 2.75) is 17.8 Å². The molecule has 0 N–H and O–H groups in total. The first-order chi connectivity index (χ1) is 17.2. The molecular weight excluding hydrogens is 462 g/mol. The first-order valence-electron chi connectivity index (χ1n) is 10.9. The van der Waals surface area contributed by atoms with Crippen molar-refractivity contribution in [2.24, 2.45) is 0 Å². The minimum atomic E-state index is 0.444. The van der Waals surface area contributed by atoms with Gasteiger partial charge in [0.15, 0.2) is 11.0 Å². The number of benzene rings is 3. The fourth-order valence-electron chi connectivity index (χ4n) is 3.58. The predicted molar refractivity (Wildman–Crippen MR) is 134 cm³/mol. The van der Waals surface area contributed by atoms with Crippen molar-refractivity contribution in [1.29, 1.82) is 0 Å². The van der Waals surface area contributed by atoms with Gasteiger partial charge in [-0.15, -0.1) is 20.4 Å². The molecule has 0 radical (unpaired) electrons. The van der Waals surface area contributed by atoms with E-state index in [1.807, 2.05) is 53.1 Å². The van der Waals surface area contributed by atoms with E-state index >= 15 is 0 Å². The lowest BCUT2D eigenvalue weighted by atomic mass is 10.1. The molecular formula is C26H23N5O3S. The average molecular weight is 486 g/mol. The lowest BCUT2D eigenvalue weighted by Crippen LogP contribution is -2.01. The monoisotopic (exact) mass is 485 g/mol. The van der Waals surface area contributed by atoms with Crippen molar-refractivity contribution >= 4 is 11.8 Å². The number of aromatic nitrogens is 5. The molecule has 176 valence electrons. The third kappa shape index (κ3) is 4.76. The van der Waals surface area contributed by atoms with E-state index in [4.69, 9.17) is 13.9 Å². The Morgan fingerprint density at radius 2 is 1.60 bits per heavy atom. The van der Waals surface area contributed by atoms with E-state index in [2.05, 4.69) is 51.6 Å². The zero-order valence-electron chi connectivity index (χ0n) is 19.5. The summed E-state index contributed by atoms with van der Waals surface area (Å²) in [5.41, 5.74) is 3.81. The largest absolute Gasteiger partial charge is 0.497 e. The number of methoxy groups -OCH3 is 2. The van der Waals surface area contributed by atoms with E-state index < -0.39 is 0 Å². The standard InChI is InChI=1S/C26H23N5O3S/c1-17-8-12-19(13-9-17)31-24(21-6-4-5-7-22(21)33-3)28-30-26(31)35-16-23-27-29-25(34-23)18-10-14-20(32-2)15-11-18/h4-15H,16H2,1-3H3. The van der Waals surface area contributed by atoms with Crippen LogP contribution in [0.25, 0.3) is 28.5 Å². The minimum absolute atomic E-state index is 0.444. The summed E-state index contributed by atoms with van der Waals surface area (Å²) < 4.78 is 18.7. The Bertz CT molecular complexity index is 1430. The van der Waals surface area contributed by atoms with Gasteiger partial charge >= 0.3 is 0 Å². The van der Waals surface area contributed by atoms with Crippen molar-refractivity contribution in [3.8, 4) is 40.0 Å². The maximum Gasteiger partial charge on any atom is 0.247 e. The third-order valence-corrected chi connectivity index (χ3v) is 6.32. The summed E-state index contributed by atoms with van der Waals surface area (Å²) in [5.74, 6) is 3.59. The van der Waals surface area contributed by atoms with Gasteiger partial charge in [-0.3, -0.25) is 4.57 Å². The van der Waals surface area contributed by atoms with E-state index in [0.717, 1.165) is 28.3 Å². The van der Waals surface area contributed by atoms with Crippen LogP contribution in [-0.4, -0.2) is 39.2 Å². The van der Waals surface area contributed by atoms with E-state index in [9.17, 15) is 0 Å². The van der Waals surface area contributed by atoms with Crippen LogP contribution in [0.2, 0.25) is 0 Å². The minimum Gasteiger partial charge on any atom is -0.497 e. The number of aryl methyl sites for hydroxylation is 1. The number of nitrogens with zero attached hydrogens (tertiary/aromatic N) is 5. The van der Waals surface area contributed by atoms with Crippen molar-refractivity contribution < 1.29 is 13.9 Å². The number of thioether (sulfide) groups is 1. The second-order valence-electron chi connectivity index (χ2n) is 7.70. The lowest BCUT2D eigenvalue weighted by Gasteiger charge is -2.12. The first-order valence-corrected chi connectivity index (χ1v) is 11.9. The fourth-order valence-corrected chi connectivity index (χ4v) is 4.37. The molecule has 0 aliphatic carbocycles. The smallest absolute Gasteiger partial charge is 0.247 e. The Morgan fingerprint density at radius 3 is 2.34 bits per heavy atom. The number of para-hydroxylation sites is 1. The molecule has 0 unspecified atom stereocenters. The summed E-state index contributed by atoms with van der Waals surface area (Å²) in [6.45, 7) is 2.06. The molecule has 2 heterocycles. The van der Waals surface area contributed by atoms with Crippen LogP contribution in [0.15, 0.2) is 82.4 Å². The highest BCUT2D eigenvalue weighted by atomic mass is 32.2. The highest BCUT2D eigenvalue weighted by Crippen LogP contribution is 2.34. The molecule has 3 aromatic carbocycles. The Labute approximate surface area is 206 Å². The average Bonchev–Trinajstić information content (AvgIpc) is 3.55. The van der Waals surface area contributed by atoms with Gasteiger partial charge in [0, 0.05) is 11.3 Å². The molecule has 0 aliphatic rings. The summed E-state index contributed by atoms with van der Waals surface area (Å²) in [6, 6.07) is 23.5. The van der Waals surface area contributed by atoms with Crippen molar-refractivity contribution in [1.82, 2.24) is 25.0 Å². The van der Waals surface area contributed by atoms with Gasteiger partial charge in [-0.2, -0.15) is 0 Å². The molecule has 0 fully saturated rings. The summed E-state index contributed by atoms with van der Waals surface area (Å²) in [6.07, 6.45) is 0. The Hall–Kier alpha value is -4.11. The van der Waals surface area contributed by atoms with Gasteiger partial charge < -0.3 is 13.9 Å². The molecule has 5 aromatic rings. The van der Waals surface area contributed by atoms with Crippen LogP contribution in [0.1, 0.15) is 11.5 Å². The van der Waals surface area contributed by atoms with E-state index in [1.165, 1.54) is 17.3 Å². The second-order valence-corrected chi connectivity index (χ2v) is 8.64. The van der Waals surface area contributed by atoms with Crippen LogP contribution in [0.5, 0.6) is 11.5 Å². The number of ether oxygens (including phenoxy) is 2. The molecule has 0 saturated carbocycles. The Balaban J connectivity index is 1.45. The zero-order valence-corrected chi connectivity index (χ0v) is 20.3. The van der Waals surface area contributed by atoms with Gasteiger partial charge in [0.1, 0.15) is 11.5 Å². The molecule has 0 atom stereocenters. The number of rotatable bonds is 8. The van der Waals surface area contributed by atoms with Gasteiger partial charge in [0.2, 0.25) is 11.8 Å². The fraction of sp³-hybridized carbons (Fsp3) is 0.154. The number of hydrogen-bond donors (Lipinski definition) is 0. The summed E-state index contributed by atoms with van der Waals surface area (Å²) >= 11 is 1.48. The first kappa shape index (κ1) is 22.7. The summed E-state index contributed by atoms with van der Waals surface area (Å²) in [7, 11) is 3.28. The quantitative estimate of drug-likeness (QED) is 0.262. The van der Waals surface area contributed by atoms with Crippen LogP contribution < -0.4 is 9.47 Å². The van der Waals surface area contributed by atoms with Crippen LogP contribution >= 0.6 is 11.8 Å². The molecule has 0 bridgehead atoms. The van der Waals surface area contributed by atoms with Crippen LogP contribution in [0, 0.1) is 6.92 Å².